The summed E-state index contributed by atoms with van der Waals surface area (Å²) < 4.78 is 0. The van der Waals surface area contributed by atoms with Crippen molar-refractivity contribution in [1.29, 1.82) is 0 Å². The smallest absolute Gasteiger partial charge is 0.163 e. The second-order valence-electron chi connectivity index (χ2n) is 6.46. The summed E-state index contributed by atoms with van der Waals surface area (Å²) in [7, 11) is 0. The Kier molecular flexibility index (Phi) is 5.59. The van der Waals surface area contributed by atoms with Gasteiger partial charge in [0.05, 0.1) is 4.88 Å². The van der Waals surface area contributed by atoms with E-state index in [-0.39, 0.29) is 12.4 Å². The number of carbonyl (C=O) groups is 2. The topological polar surface area (TPSA) is 54.4 Å². The summed E-state index contributed by atoms with van der Waals surface area (Å²) >= 11 is 1.48. The van der Waals surface area contributed by atoms with E-state index in [0.29, 0.717) is 12.3 Å². The highest BCUT2D eigenvalue weighted by Gasteiger charge is 2.25. The van der Waals surface area contributed by atoms with Gasteiger partial charge in [0.1, 0.15) is 0 Å². The van der Waals surface area contributed by atoms with Crippen LogP contribution in [0, 0.1) is 5.92 Å². The van der Waals surface area contributed by atoms with Crippen LogP contribution in [0.3, 0.4) is 0 Å². The van der Waals surface area contributed by atoms with Gasteiger partial charge in [-0.15, -0.1) is 11.3 Å². The van der Waals surface area contributed by atoms with Crippen LogP contribution in [0.5, 0.6) is 0 Å². The number of aldehydes is 1. The van der Waals surface area contributed by atoms with Gasteiger partial charge in [-0.05, 0) is 54.5 Å². The van der Waals surface area contributed by atoms with Gasteiger partial charge in [0.2, 0.25) is 0 Å². The van der Waals surface area contributed by atoms with Crippen molar-refractivity contribution in [1.82, 2.24) is 0 Å². The Bertz CT molecular complexity index is 732. The first-order valence-electron chi connectivity index (χ1n) is 8.53. The molecule has 0 bridgehead atoms. The summed E-state index contributed by atoms with van der Waals surface area (Å²) in [4.78, 5) is 25.1. The largest absolute Gasteiger partial charge is 0.396 e. The molecule has 1 N–H and O–H groups in total. The summed E-state index contributed by atoms with van der Waals surface area (Å²) in [5, 5.41) is 8.86. The maximum atomic E-state index is 12.4. The third kappa shape index (κ3) is 3.82. The van der Waals surface area contributed by atoms with Crippen LogP contribution in [-0.2, 0) is 6.42 Å². The molecule has 0 aliphatic heterocycles. The number of fused-ring (bicyclic) bond motifs is 1. The van der Waals surface area contributed by atoms with Crippen molar-refractivity contribution in [3.8, 4) is 10.4 Å². The fraction of sp³-hybridized carbons (Fsp3) is 0.400. The van der Waals surface area contributed by atoms with Crippen molar-refractivity contribution in [2.75, 3.05) is 6.61 Å². The molecule has 2 aromatic rings. The first kappa shape index (κ1) is 17.1. The Labute approximate surface area is 146 Å². The molecule has 1 unspecified atom stereocenters. The highest BCUT2D eigenvalue weighted by Crippen LogP contribution is 2.34. The predicted molar refractivity (Wildman–Crippen MR) is 96.8 cm³/mol. The predicted octanol–water partition coefficient (Wildman–Crippen LogP) is 4.53. The number of aliphatic hydroxyl groups excluding tert-OH is 1. The van der Waals surface area contributed by atoms with Crippen LogP contribution in [0.15, 0.2) is 30.3 Å². The van der Waals surface area contributed by atoms with Gasteiger partial charge in [0.15, 0.2) is 12.1 Å². The molecule has 0 spiro atoms. The van der Waals surface area contributed by atoms with Crippen LogP contribution in [0.1, 0.15) is 57.7 Å². The lowest BCUT2D eigenvalue weighted by atomic mass is 9.80. The van der Waals surface area contributed by atoms with E-state index in [0.717, 1.165) is 64.8 Å². The second kappa shape index (κ2) is 7.86. The van der Waals surface area contributed by atoms with Gasteiger partial charge in [-0.3, -0.25) is 9.59 Å². The molecule has 0 fully saturated rings. The summed E-state index contributed by atoms with van der Waals surface area (Å²) in [5.74, 6) is 0.655. The van der Waals surface area contributed by atoms with E-state index in [2.05, 4.69) is 6.07 Å². The van der Waals surface area contributed by atoms with Crippen molar-refractivity contribution in [3.63, 3.8) is 0 Å². The fourth-order valence-corrected chi connectivity index (χ4v) is 4.26. The average Bonchev–Trinajstić information content (AvgIpc) is 3.07. The fourth-order valence-electron chi connectivity index (χ4n) is 3.44. The van der Waals surface area contributed by atoms with Gasteiger partial charge in [0, 0.05) is 23.5 Å². The van der Waals surface area contributed by atoms with Gasteiger partial charge in [0.25, 0.3) is 0 Å². The Hall–Kier alpha value is -1.78. The SMILES string of the molecule is O=Cc1ccc(-c2ccc3c(c2)CC(CCCCCO)CC3=O)s1. The monoisotopic (exact) mass is 342 g/mol. The quantitative estimate of drug-likeness (QED) is 0.594. The third-order valence-corrected chi connectivity index (χ3v) is 5.75. The summed E-state index contributed by atoms with van der Waals surface area (Å²) in [6.07, 6.45) is 6.44. The van der Waals surface area contributed by atoms with Crippen LogP contribution in [-0.4, -0.2) is 23.8 Å². The van der Waals surface area contributed by atoms with Crippen LogP contribution in [0.4, 0.5) is 0 Å². The minimum Gasteiger partial charge on any atom is -0.396 e. The normalized spacial score (nSPS) is 16.9. The Morgan fingerprint density at radius 2 is 2.00 bits per heavy atom. The molecule has 1 heterocycles. The molecule has 1 aliphatic rings. The number of hydrogen-bond donors (Lipinski definition) is 1. The van der Waals surface area contributed by atoms with E-state index >= 15 is 0 Å². The van der Waals surface area contributed by atoms with Gasteiger partial charge >= 0.3 is 0 Å². The maximum Gasteiger partial charge on any atom is 0.163 e. The molecule has 3 rings (SSSR count). The number of benzene rings is 1. The molecule has 0 amide bonds. The number of ketones is 1. The second-order valence-corrected chi connectivity index (χ2v) is 7.58. The summed E-state index contributed by atoms with van der Waals surface area (Å²) in [6, 6.07) is 9.84. The summed E-state index contributed by atoms with van der Waals surface area (Å²) in [5.41, 5.74) is 3.08. The molecular formula is C20H22O3S. The molecular weight excluding hydrogens is 320 g/mol. The van der Waals surface area contributed by atoms with Gasteiger partial charge in [-0.25, -0.2) is 0 Å². The zero-order valence-corrected chi connectivity index (χ0v) is 14.5. The molecule has 1 atom stereocenters. The average molecular weight is 342 g/mol. The lowest BCUT2D eigenvalue weighted by Gasteiger charge is -2.24. The molecule has 1 aliphatic carbocycles. The van der Waals surface area contributed by atoms with Gasteiger partial charge in [-0.2, -0.15) is 0 Å². The van der Waals surface area contributed by atoms with Crippen molar-refractivity contribution in [2.45, 2.75) is 38.5 Å². The minimum atomic E-state index is 0.245. The zero-order valence-electron chi connectivity index (χ0n) is 13.7. The van der Waals surface area contributed by atoms with E-state index in [1.807, 2.05) is 24.3 Å². The van der Waals surface area contributed by atoms with Crippen LogP contribution in [0.25, 0.3) is 10.4 Å². The molecule has 0 saturated heterocycles. The number of rotatable bonds is 7. The number of Topliss-reactive ketones (excluding diaryl/α,β-unsaturated/α-hetero) is 1. The Morgan fingerprint density at radius 3 is 2.75 bits per heavy atom. The van der Waals surface area contributed by atoms with Crippen molar-refractivity contribution in [2.24, 2.45) is 5.92 Å². The van der Waals surface area contributed by atoms with Crippen LogP contribution < -0.4 is 0 Å². The highest BCUT2D eigenvalue weighted by atomic mass is 32.1. The number of aliphatic hydroxyl groups is 1. The van der Waals surface area contributed by atoms with E-state index in [9.17, 15) is 9.59 Å². The number of thiophene rings is 1. The van der Waals surface area contributed by atoms with Crippen molar-refractivity contribution < 1.29 is 14.7 Å². The molecule has 4 heteroatoms. The number of unbranched alkanes of at least 4 members (excludes halogenated alkanes) is 2. The van der Waals surface area contributed by atoms with Crippen molar-refractivity contribution in [3.05, 3.63) is 46.3 Å². The Morgan fingerprint density at radius 1 is 1.12 bits per heavy atom. The first-order valence-corrected chi connectivity index (χ1v) is 9.35. The van der Waals surface area contributed by atoms with E-state index in [1.54, 1.807) is 0 Å². The van der Waals surface area contributed by atoms with Crippen LogP contribution >= 0.6 is 11.3 Å². The Balaban J connectivity index is 1.75. The highest BCUT2D eigenvalue weighted by molar-refractivity contribution is 7.17. The van der Waals surface area contributed by atoms with E-state index in [4.69, 9.17) is 5.11 Å². The van der Waals surface area contributed by atoms with E-state index in [1.165, 1.54) is 11.3 Å². The third-order valence-electron chi connectivity index (χ3n) is 4.69. The minimum absolute atomic E-state index is 0.245. The molecule has 0 radical (unpaired) electrons. The van der Waals surface area contributed by atoms with Crippen molar-refractivity contribution >= 4 is 23.4 Å². The zero-order chi connectivity index (χ0) is 16.9. The summed E-state index contributed by atoms with van der Waals surface area (Å²) in [6.45, 7) is 0.249. The number of carbonyl (C=O) groups excluding carboxylic acids is 2. The molecule has 0 saturated carbocycles. The van der Waals surface area contributed by atoms with E-state index < -0.39 is 0 Å². The molecule has 3 nitrogen and oxygen atoms in total. The lowest BCUT2D eigenvalue weighted by Crippen LogP contribution is -2.20. The lowest BCUT2D eigenvalue weighted by molar-refractivity contribution is 0.0944. The molecule has 24 heavy (non-hydrogen) atoms. The standard InChI is InChI=1S/C20H22O3S/c21-9-3-1-2-4-14-10-16-12-15(5-7-18(16)19(23)11-14)20-8-6-17(13-22)24-20/h5-8,12-14,21H,1-4,9-11H2. The molecule has 126 valence electrons. The molecule has 1 aromatic heterocycles. The first-order chi connectivity index (χ1) is 11.7. The van der Waals surface area contributed by atoms with Gasteiger partial charge < -0.3 is 5.11 Å². The number of hydrogen-bond acceptors (Lipinski definition) is 4. The maximum absolute atomic E-state index is 12.4. The van der Waals surface area contributed by atoms with Gasteiger partial charge in [-0.1, -0.05) is 25.0 Å². The van der Waals surface area contributed by atoms with Crippen LogP contribution in [0.2, 0.25) is 0 Å². The molecule has 1 aromatic carbocycles.